The van der Waals surface area contributed by atoms with E-state index in [1.165, 1.54) is 19.2 Å². The van der Waals surface area contributed by atoms with Crippen molar-refractivity contribution in [2.75, 3.05) is 23.5 Å². The summed E-state index contributed by atoms with van der Waals surface area (Å²) >= 11 is 0. The minimum absolute atomic E-state index is 0.00794. The molecule has 172 valence electrons. The first kappa shape index (κ1) is 22.5. The van der Waals surface area contributed by atoms with Crippen LogP contribution in [-0.2, 0) is 16.9 Å². The van der Waals surface area contributed by atoms with E-state index in [4.69, 9.17) is 4.74 Å². The van der Waals surface area contributed by atoms with E-state index in [1.54, 1.807) is 19.2 Å². The molecular weight excluding hydrogens is 440 g/mol. The molecule has 2 aromatic heterocycles. The Morgan fingerprint density at radius 1 is 1.09 bits per heavy atom. The molecule has 0 aliphatic carbocycles. The minimum atomic E-state index is -3.37. The Labute approximate surface area is 192 Å². The van der Waals surface area contributed by atoms with Gasteiger partial charge in [0.15, 0.2) is 9.84 Å². The molecule has 0 unspecified atom stereocenters. The maximum atomic E-state index is 12.3. The zero-order valence-corrected chi connectivity index (χ0v) is 20.0. The molecule has 2 heterocycles. The lowest BCUT2D eigenvalue weighted by Gasteiger charge is -2.14. The molecule has 0 saturated carbocycles. The normalized spacial score (nSPS) is 11.5. The van der Waals surface area contributed by atoms with E-state index in [1.807, 2.05) is 43.8 Å². The molecule has 0 fully saturated rings. The third-order valence-corrected chi connectivity index (χ3v) is 7.25. The standard InChI is InChI=1S/C23H26N6O3S/c1-6-33(30,31)17-8-10-21(32-5)20(12-17)26-23-24-13-14(2)22(27-23)25-16-7-9-18-15(3)29(4)28-19(18)11-16/h7-13H,6H2,1-5H3,(H2,24,25,26,27). The lowest BCUT2D eigenvalue weighted by Crippen LogP contribution is -2.06. The fourth-order valence-electron chi connectivity index (χ4n) is 3.44. The number of rotatable bonds is 7. The quantitative estimate of drug-likeness (QED) is 0.415. The van der Waals surface area contributed by atoms with E-state index in [0.29, 0.717) is 23.2 Å². The average molecular weight is 467 g/mol. The molecule has 0 bridgehead atoms. The maximum absolute atomic E-state index is 12.3. The number of nitrogens with zero attached hydrogens (tertiary/aromatic N) is 4. The van der Waals surface area contributed by atoms with Crippen LogP contribution in [0.1, 0.15) is 18.2 Å². The lowest BCUT2D eigenvalue weighted by atomic mass is 10.2. The van der Waals surface area contributed by atoms with Crippen molar-refractivity contribution in [2.45, 2.75) is 25.7 Å². The summed E-state index contributed by atoms with van der Waals surface area (Å²) in [5.74, 6) is 1.42. The van der Waals surface area contributed by atoms with Crippen LogP contribution < -0.4 is 15.4 Å². The van der Waals surface area contributed by atoms with Crippen LogP contribution in [0.5, 0.6) is 5.75 Å². The van der Waals surface area contributed by atoms with Gasteiger partial charge in [-0.3, -0.25) is 4.68 Å². The number of benzene rings is 2. The molecular formula is C23H26N6O3S. The van der Waals surface area contributed by atoms with Crippen LogP contribution in [-0.4, -0.2) is 41.0 Å². The van der Waals surface area contributed by atoms with Gasteiger partial charge in [-0.25, -0.2) is 13.4 Å². The summed E-state index contributed by atoms with van der Waals surface area (Å²) in [4.78, 5) is 9.14. The van der Waals surface area contributed by atoms with Gasteiger partial charge in [-0.1, -0.05) is 6.92 Å². The van der Waals surface area contributed by atoms with E-state index >= 15 is 0 Å². The number of aromatic nitrogens is 4. The van der Waals surface area contributed by atoms with Gasteiger partial charge in [0.1, 0.15) is 11.6 Å². The van der Waals surface area contributed by atoms with Gasteiger partial charge < -0.3 is 15.4 Å². The highest BCUT2D eigenvalue weighted by atomic mass is 32.2. The topological polar surface area (TPSA) is 111 Å². The molecule has 4 rings (SSSR count). The Morgan fingerprint density at radius 3 is 2.61 bits per heavy atom. The van der Waals surface area contributed by atoms with E-state index in [9.17, 15) is 8.42 Å². The summed E-state index contributed by atoms with van der Waals surface area (Å²) in [6, 6.07) is 10.7. The third-order valence-electron chi connectivity index (χ3n) is 5.52. The summed E-state index contributed by atoms with van der Waals surface area (Å²) in [5.41, 5.74) is 4.16. The van der Waals surface area contributed by atoms with E-state index in [-0.39, 0.29) is 10.6 Å². The molecule has 0 spiro atoms. The van der Waals surface area contributed by atoms with Crippen molar-refractivity contribution >= 4 is 43.9 Å². The minimum Gasteiger partial charge on any atom is -0.495 e. The third kappa shape index (κ3) is 4.47. The summed E-state index contributed by atoms with van der Waals surface area (Å²) in [5, 5.41) is 12.0. The van der Waals surface area contributed by atoms with E-state index in [0.717, 1.165) is 27.8 Å². The molecule has 0 aliphatic heterocycles. The fourth-order valence-corrected chi connectivity index (χ4v) is 4.35. The summed E-state index contributed by atoms with van der Waals surface area (Å²) < 4.78 is 31.9. The van der Waals surface area contributed by atoms with Crippen LogP contribution >= 0.6 is 0 Å². The Balaban J connectivity index is 1.65. The Kier molecular flexibility index (Phi) is 5.94. The van der Waals surface area contributed by atoms with Gasteiger partial charge in [0.2, 0.25) is 5.95 Å². The van der Waals surface area contributed by atoms with Crippen molar-refractivity contribution in [1.82, 2.24) is 19.7 Å². The first-order valence-corrected chi connectivity index (χ1v) is 12.1. The van der Waals surface area contributed by atoms with Gasteiger partial charge >= 0.3 is 0 Å². The largest absolute Gasteiger partial charge is 0.495 e. The first-order valence-electron chi connectivity index (χ1n) is 10.4. The molecule has 0 aliphatic rings. The first-order chi connectivity index (χ1) is 15.7. The Bertz CT molecular complexity index is 1450. The van der Waals surface area contributed by atoms with Gasteiger partial charge in [0, 0.05) is 35.6 Å². The molecule has 33 heavy (non-hydrogen) atoms. The van der Waals surface area contributed by atoms with Crippen LogP contribution in [0.4, 0.5) is 23.1 Å². The van der Waals surface area contributed by atoms with Gasteiger partial charge in [0.05, 0.1) is 29.0 Å². The number of nitrogens with one attached hydrogen (secondary N) is 2. The maximum Gasteiger partial charge on any atom is 0.229 e. The summed E-state index contributed by atoms with van der Waals surface area (Å²) in [6.45, 7) is 5.55. The SMILES string of the molecule is CCS(=O)(=O)c1ccc(OC)c(Nc2ncc(C)c(Nc3ccc4c(C)n(C)nc4c3)n2)c1. The van der Waals surface area contributed by atoms with Crippen molar-refractivity contribution in [3.8, 4) is 5.75 Å². The highest BCUT2D eigenvalue weighted by molar-refractivity contribution is 7.91. The van der Waals surface area contributed by atoms with Crippen molar-refractivity contribution in [3.63, 3.8) is 0 Å². The molecule has 0 amide bonds. The van der Waals surface area contributed by atoms with Crippen molar-refractivity contribution < 1.29 is 13.2 Å². The number of aryl methyl sites for hydroxylation is 3. The second kappa shape index (κ2) is 8.70. The van der Waals surface area contributed by atoms with Crippen LogP contribution in [0.25, 0.3) is 10.9 Å². The van der Waals surface area contributed by atoms with E-state index < -0.39 is 9.84 Å². The van der Waals surface area contributed by atoms with E-state index in [2.05, 4.69) is 25.7 Å². The van der Waals surface area contributed by atoms with Crippen LogP contribution in [0.3, 0.4) is 0 Å². The van der Waals surface area contributed by atoms with Gasteiger partial charge in [-0.15, -0.1) is 0 Å². The van der Waals surface area contributed by atoms with Crippen LogP contribution in [0.2, 0.25) is 0 Å². The molecule has 2 N–H and O–H groups in total. The predicted molar refractivity (Wildman–Crippen MR) is 130 cm³/mol. The fraction of sp³-hybridized carbons (Fsp3) is 0.261. The summed E-state index contributed by atoms with van der Waals surface area (Å²) in [6.07, 6.45) is 1.69. The van der Waals surface area contributed by atoms with Crippen molar-refractivity contribution in [2.24, 2.45) is 7.05 Å². The molecule has 0 saturated heterocycles. The van der Waals surface area contributed by atoms with Crippen LogP contribution in [0.15, 0.2) is 47.5 Å². The zero-order valence-electron chi connectivity index (χ0n) is 19.2. The monoisotopic (exact) mass is 466 g/mol. The number of anilines is 4. The zero-order chi connectivity index (χ0) is 23.8. The number of hydrogen-bond donors (Lipinski definition) is 2. The average Bonchev–Trinajstić information content (AvgIpc) is 3.08. The number of methoxy groups -OCH3 is 1. The molecule has 4 aromatic rings. The van der Waals surface area contributed by atoms with Gasteiger partial charge in [0.25, 0.3) is 0 Å². The number of sulfone groups is 1. The second-order valence-corrected chi connectivity index (χ2v) is 9.96. The molecule has 10 heteroatoms. The Morgan fingerprint density at radius 2 is 1.88 bits per heavy atom. The highest BCUT2D eigenvalue weighted by Gasteiger charge is 2.16. The molecule has 9 nitrogen and oxygen atoms in total. The number of ether oxygens (including phenoxy) is 1. The summed E-state index contributed by atoms with van der Waals surface area (Å²) in [7, 11) is 0.0721. The second-order valence-electron chi connectivity index (χ2n) is 7.68. The van der Waals surface area contributed by atoms with Crippen LogP contribution in [0, 0.1) is 13.8 Å². The predicted octanol–water partition coefficient (Wildman–Crippen LogP) is 4.27. The van der Waals surface area contributed by atoms with Gasteiger partial charge in [-0.05, 0) is 50.2 Å². The molecule has 2 aromatic carbocycles. The van der Waals surface area contributed by atoms with Crippen molar-refractivity contribution in [3.05, 3.63) is 53.9 Å². The molecule has 0 atom stereocenters. The molecule has 0 radical (unpaired) electrons. The lowest BCUT2D eigenvalue weighted by molar-refractivity contribution is 0.416. The Hall–Kier alpha value is -3.66. The smallest absolute Gasteiger partial charge is 0.229 e. The number of hydrogen-bond acceptors (Lipinski definition) is 8. The highest BCUT2D eigenvalue weighted by Crippen LogP contribution is 2.31. The van der Waals surface area contributed by atoms with Gasteiger partial charge in [-0.2, -0.15) is 10.1 Å². The number of fused-ring (bicyclic) bond motifs is 1. The van der Waals surface area contributed by atoms with Crippen molar-refractivity contribution in [1.29, 1.82) is 0 Å².